The van der Waals surface area contributed by atoms with Crippen LogP contribution in [0, 0.1) is 0 Å². The summed E-state index contributed by atoms with van der Waals surface area (Å²) >= 11 is 0. The number of hydrogen-bond donors (Lipinski definition) is 0. The Morgan fingerprint density at radius 1 is 1.41 bits per heavy atom. The SMILES string of the molecule is CCO/C=C/c1cccc(=O)n1C1CCCC1. The van der Waals surface area contributed by atoms with E-state index in [0.29, 0.717) is 12.6 Å². The first kappa shape index (κ1) is 12.0. The van der Waals surface area contributed by atoms with Crippen LogP contribution in [0.1, 0.15) is 44.3 Å². The van der Waals surface area contributed by atoms with Gasteiger partial charge in [-0.25, -0.2) is 0 Å². The molecule has 1 aromatic heterocycles. The summed E-state index contributed by atoms with van der Waals surface area (Å²) in [5, 5.41) is 0. The van der Waals surface area contributed by atoms with Gasteiger partial charge in [0, 0.05) is 17.8 Å². The van der Waals surface area contributed by atoms with E-state index in [9.17, 15) is 4.79 Å². The number of hydrogen-bond acceptors (Lipinski definition) is 2. The normalized spacial score (nSPS) is 16.8. The van der Waals surface area contributed by atoms with Crippen molar-refractivity contribution in [3.63, 3.8) is 0 Å². The molecule has 1 aliphatic carbocycles. The molecule has 3 nitrogen and oxygen atoms in total. The van der Waals surface area contributed by atoms with Crippen LogP contribution in [0.15, 0.2) is 29.3 Å². The molecule has 0 radical (unpaired) electrons. The van der Waals surface area contributed by atoms with Crippen LogP contribution in [0.3, 0.4) is 0 Å². The Balaban J connectivity index is 2.30. The van der Waals surface area contributed by atoms with E-state index in [4.69, 9.17) is 4.74 Å². The standard InChI is InChI=1S/C14H19NO2/c1-2-17-11-10-13-8-5-9-14(16)15(13)12-6-3-4-7-12/h5,8-12H,2-4,6-7H2,1H3/b11-10+. The van der Waals surface area contributed by atoms with Gasteiger partial charge in [-0.2, -0.15) is 0 Å². The maximum Gasteiger partial charge on any atom is 0.251 e. The molecule has 3 heteroatoms. The molecule has 2 rings (SSSR count). The van der Waals surface area contributed by atoms with E-state index in [1.807, 2.05) is 23.6 Å². The van der Waals surface area contributed by atoms with Crippen molar-refractivity contribution in [2.75, 3.05) is 6.61 Å². The fraction of sp³-hybridized carbons (Fsp3) is 0.500. The molecule has 0 spiro atoms. The van der Waals surface area contributed by atoms with E-state index in [0.717, 1.165) is 18.5 Å². The van der Waals surface area contributed by atoms with Gasteiger partial charge in [0.25, 0.3) is 5.56 Å². The Bertz CT molecular complexity index is 442. The van der Waals surface area contributed by atoms with E-state index < -0.39 is 0 Å². The highest BCUT2D eigenvalue weighted by molar-refractivity contribution is 5.43. The molecule has 1 heterocycles. The van der Waals surface area contributed by atoms with Crippen LogP contribution in [0.25, 0.3) is 6.08 Å². The van der Waals surface area contributed by atoms with Gasteiger partial charge >= 0.3 is 0 Å². The average Bonchev–Trinajstić information content (AvgIpc) is 2.83. The lowest BCUT2D eigenvalue weighted by molar-refractivity contribution is 0.272. The molecule has 0 saturated heterocycles. The van der Waals surface area contributed by atoms with Gasteiger partial charge in [-0.3, -0.25) is 4.79 Å². The lowest BCUT2D eigenvalue weighted by Crippen LogP contribution is -2.24. The summed E-state index contributed by atoms with van der Waals surface area (Å²) in [6, 6.07) is 5.77. The molecule has 0 bridgehead atoms. The van der Waals surface area contributed by atoms with E-state index in [1.165, 1.54) is 12.8 Å². The number of ether oxygens (including phenoxy) is 1. The summed E-state index contributed by atoms with van der Waals surface area (Å²) in [4.78, 5) is 11.9. The number of rotatable bonds is 4. The minimum absolute atomic E-state index is 0.0931. The minimum Gasteiger partial charge on any atom is -0.501 e. The van der Waals surface area contributed by atoms with Gasteiger partial charge in [-0.05, 0) is 31.9 Å². The fourth-order valence-electron chi connectivity index (χ4n) is 2.42. The summed E-state index contributed by atoms with van der Waals surface area (Å²) in [5.74, 6) is 0. The minimum atomic E-state index is 0.0931. The van der Waals surface area contributed by atoms with Crippen molar-refractivity contribution in [1.29, 1.82) is 0 Å². The number of nitrogens with zero attached hydrogens (tertiary/aromatic N) is 1. The first-order valence-corrected chi connectivity index (χ1v) is 6.32. The van der Waals surface area contributed by atoms with Crippen LogP contribution >= 0.6 is 0 Å². The second kappa shape index (κ2) is 5.71. The van der Waals surface area contributed by atoms with Gasteiger partial charge in [0.05, 0.1) is 12.9 Å². The van der Waals surface area contributed by atoms with E-state index in [1.54, 1.807) is 18.4 Å². The largest absolute Gasteiger partial charge is 0.501 e. The van der Waals surface area contributed by atoms with Crippen LogP contribution in [0.4, 0.5) is 0 Å². The van der Waals surface area contributed by atoms with Gasteiger partial charge < -0.3 is 9.30 Å². The van der Waals surface area contributed by atoms with Gasteiger partial charge in [-0.1, -0.05) is 18.9 Å². The summed E-state index contributed by atoms with van der Waals surface area (Å²) in [6.45, 7) is 2.59. The zero-order valence-corrected chi connectivity index (χ0v) is 10.3. The monoisotopic (exact) mass is 233 g/mol. The molecule has 0 aliphatic heterocycles. The van der Waals surface area contributed by atoms with Gasteiger partial charge in [-0.15, -0.1) is 0 Å². The highest BCUT2D eigenvalue weighted by Gasteiger charge is 2.19. The fourth-order valence-corrected chi connectivity index (χ4v) is 2.42. The Hall–Kier alpha value is -1.51. The van der Waals surface area contributed by atoms with Crippen molar-refractivity contribution in [2.45, 2.75) is 38.6 Å². The third-order valence-corrected chi connectivity index (χ3v) is 3.21. The quantitative estimate of drug-likeness (QED) is 0.749. The van der Waals surface area contributed by atoms with Crippen molar-refractivity contribution >= 4 is 6.08 Å². The summed E-state index contributed by atoms with van der Waals surface area (Å²) in [6.07, 6.45) is 8.21. The number of aromatic nitrogens is 1. The molecule has 0 atom stereocenters. The maximum atomic E-state index is 11.9. The molecule has 1 saturated carbocycles. The summed E-state index contributed by atoms with van der Waals surface area (Å²) < 4.78 is 7.10. The first-order chi connectivity index (χ1) is 8.33. The first-order valence-electron chi connectivity index (χ1n) is 6.32. The summed E-state index contributed by atoms with van der Waals surface area (Å²) in [7, 11) is 0. The van der Waals surface area contributed by atoms with Crippen molar-refractivity contribution in [1.82, 2.24) is 4.57 Å². The highest BCUT2D eigenvalue weighted by atomic mass is 16.5. The molecule has 17 heavy (non-hydrogen) atoms. The van der Waals surface area contributed by atoms with Crippen LogP contribution in [0.5, 0.6) is 0 Å². The second-order valence-corrected chi connectivity index (χ2v) is 4.36. The Morgan fingerprint density at radius 3 is 2.88 bits per heavy atom. The molecule has 1 aromatic rings. The van der Waals surface area contributed by atoms with Crippen molar-refractivity contribution in [3.05, 3.63) is 40.5 Å². The molecular weight excluding hydrogens is 214 g/mol. The molecule has 0 amide bonds. The Kier molecular flexibility index (Phi) is 4.02. The molecule has 1 fully saturated rings. The van der Waals surface area contributed by atoms with Crippen LogP contribution < -0.4 is 5.56 Å². The van der Waals surface area contributed by atoms with Gasteiger partial charge in [0.2, 0.25) is 0 Å². The second-order valence-electron chi connectivity index (χ2n) is 4.36. The van der Waals surface area contributed by atoms with E-state index in [-0.39, 0.29) is 5.56 Å². The van der Waals surface area contributed by atoms with Gasteiger partial charge in [0.1, 0.15) is 0 Å². The number of pyridine rings is 1. The van der Waals surface area contributed by atoms with Gasteiger partial charge in [0.15, 0.2) is 0 Å². The Morgan fingerprint density at radius 2 is 2.18 bits per heavy atom. The average molecular weight is 233 g/mol. The maximum absolute atomic E-state index is 11.9. The van der Waals surface area contributed by atoms with Crippen LogP contribution in [0.2, 0.25) is 0 Å². The molecule has 92 valence electrons. The van der Waals surface area contributed by atoms with Crippen LogP contribution in [-0.4, -0.2) is 11.2 Å². The Labute approximate surface area is 102 Å². The van der Waals surface area contributed by atoms with Crippen molar-refractivity contribution < 1.29 is 4.74 Å². The van der Waals surface area contributed by atoms with E-state index in [2.05, 4.69) is 0 Å². The molecule has 1 aliphatic rings. The molecule has 0 unspecified atom stereocenters. The molecule has 0 N–H and O–H groups in total. The van der Waals surface area contributed by atoms with Crippen LogP contribution in [-0.2, 0) is 4.74 Å². The highest BCUT2D eigenvalue weighted by Crippen LogP contribution is 2.29. The van der Waals surface area contributed by atoms with Crippen molar-refractivity contribution in [3.8, 4) is 0 Å². The van der Waals surface area contributed by atoms with E-state index >= 15 is 0 Å². The third kappa shape index (κ3) is 2.78. The topological polar surface area (TPSA) is 31.2 Å². The molecule has 0 aromatic carbocycles. The lowest BCUT2D eigenvalue weighted by Gasteiger charge is -2.16. The predicted molar refractivity (Wildman–Crippen MR) is 68.9 cm³/mol. The summed E-state index contributed by atoms with van der Waals surface area (Å²) in [5.41, 5.74) is 1.04. The smallest absolute Gasteiger partial charge is 0.251 e. The van der Waals surface area contributed by atoms with Crippen molar-refractivity contribution in [2.24, 2.45) is 0 Å². The lowest BCUT2D eigenvalue weighted by atomic mass is 10.2. The zero-order chi connectivity index (χ0) is 12.1. The zero-order valence-electron chi connectivity index (χ0n) is 10.3. The third-order valence-electron chi connectivity index (χ3n) is 3.21. The predicted octanol–water partition coefficient (Wildman–Crippen LogP) is 2.97. The molecular formula is C14H19NO2.